The van der Waals surface area contributed by atoms with Gasteiger partial charge in [-0.2, -0.15) is 0 Å². The van der Waals surface area contributed by atoms with Crippen LogP contribution in [0.1, 0.15) is 79.8 Å². The van der Waals surface area contributed by atoms with Crippen LogP contribution in [0.4, 0.5) is 17.1 Å². The van der Waals surface area contributed by atoms with Crippen LogP contribution in [-0.4, -0.2) is 0 Å². The Balaban J connectivity index is 1.36. The second-order valence-corrected chi connectivity index (χ2v) is 14.3. The smallest absolute Gasteiger partial charge is 0.145 e. The maximum Gasteiger partial charge on any atom is 0.145 e. The Bertz CT molecular complexity index is 6120. The van der Waals surface area contributed by atoms with E-state index < -0.39 is 376 Å². The summed E-state index contributed by atoms with van der Waals surface area (Å²) in [4.78, 5) is 0.214. The highest BCUT2D eigenvalue weighted by molar-refractivity contribution is 6.22. The molecule has 0 bridgehead atoms. The summed E-state index contributed by atoms with van der Waals surface area (Å²) in [5.74, 6) is 0. The Morgan fingerprint density at radius 3 is 1.67 bits per heavy atom. The second-order valence-electron chi connectivity index (χ2n) is 14.3. The maximum atomic E-state index is 11.0. The van der Waals surface area contributed by atoms with Crippen LogP contribution in [-0.2, 0) is 5.41 Å². The summed E-state index contributed by atoms with van der Waals surface area (Å²) in [6, 6.07) is -50.5. The molecule has 0 aliphatic heterocycles. The first kappa shape index (κ1) is 15.2. The zero-order valence-electron chi connectivity index (χ0n) is 75.4. The molecule has 0 spiro atoms. The molecule has 1 aromatic heterocycles. The van der Waals surface area contributed by atoms with Gasteiger partial charge in [0.15, 0.2) is 0 Å². The first-order valence-corrected chi connectivity index (χ1v) is 19.7. The van der Waals surface area contributed by atoms with E-state index in [9.17, 15) is 31.5 Å². The summed E-state index contributed by atoms with van der Waals surface area (Å²) in [6.07, 6.45) is 0. The van der Waals surface area contributed by atoms with Crippen molar-refractivity contribution in [1.82, 2.24) is 0 Å². The lowest BCUT2D eigenvalue weighted by Crippen LogP contribution is -2.28. The molecule has 0 amide bonds. The molecule has 13 rings (SSSR count). The van der Waals surface area contributed by atoms with Gasteiger partial charge >= 0.3 is 0 Å². The third-order valence-corrected chi connectivity index (χ3v) is 10.9. The van der Waals surface area contributed by atoms with Crippen LogP contribution in [0.3, 0.4) is 0 Å². The van der Waals surface area contributed by atoms with Crippen LogP contribution in [0, 0.1) is 0 Å². The van der Waals surface area contributed by atoms with Crippen LogP contribution in [0.25, 0.3) is 77.2 Å². The lowest BCUT2D eigenvalue weighted by Gasteiger charge is -2.35. The van der Waals surface area contributed by atoms with E-state index in [-0.39, 0.29) is 4.90 Å². The molecule has 1 heterocycles. The normalized spacial score (nSPS) is 21.4. The van der Waals surface area contributed by atoms with E-state index in [2.05, 4.69) is 0 Å². The highest BCUT2D eigenvalue weighted by Gasteiger charge is 2.46. The van der Waals surface area contributed by atoms with E-state index in [0.717, 1.165) is 6.07 Å². The number of hydrogen-bond donors (Lipinski definition) is 0. The number of anilines is 3. The van der Waals surface area contributed by atoms with Gasteiger partial charge in [-0.1, -0.05) is 218 Å². The summed E-state index contributed by atoms with van der Waals surface area (Å²) in [5, 5.41) is -3.67. The summed E-state index contributed by atoms with van der Waals surface area (Å²) >= 11 is 0. The molecule has 314 valence electrons. The van der Waals surface area contributed by atoms with Gasteiger partial charge < -0.3 is 9.32 Å². The fourth-order valence-electron chi connectivity index (χ4n) is 8.04. The molecule has 0 N–H and O–H groups in total. The van der Waals surface area contributed by atoms with Crippen LogP contribution < -0.4 is 4.90 Å². The summed E-state index contributed by atoms with van der Waals surface area (Å²) in [5.41, 5.74) is -22.8. The first-order valence-electron chi connectivity index (χ1n) is 40.7. The standard InChI is InChI=1S/C65H43NO/c1-5-17-44(18-6-1)46-29-31-49(32-30-46)55-41-42-61(62-58-39-35-48-21-13-14-26-54(48)63(58)67-64(55)62)66(52-36-33-47(34-37-52)45-19-7-2-8-20-45)53-38-40-57-56-27-15-16-28-59(56)65(60(57)43-53,50-22-9-3-10-23-50)51-24-11-4-12-25-51/h1-43H/i1D,2D,3D,4D,5D,6D,7D,8D,9D,10D,11D,12D,13D,14D,15D,16D,17D,18D,19D,21D,22D,23D,24D,25D,26D,27D,28D,29D,30D,31D,32D,33D,34D,35D,36D,37D,38D,39D,40D,41D,42D,43D. The molecule has 2 heteroatoms. The van der Waals surface area contributed by atoms with E-state index in [1.165, 1.54) is 0 Å². The number of fused-ring (bicyclic) bond motifs is 8. The molecule has 1 aliphatic rings. The SMILES string of the molecule is [2H]c1cc(-c2c([2H])c([2H])c(N(c3c([2H])c([2H])c4c(c3[2H])C(c3c([2H])c([2H])c([2H])c([2H])c3[2H])(c3c([2H])c([2H])c([2H])c([2H])c3[2H])c3c([2H])c([2H])c([2H])c([2H])c3-4)c3c([2H])c([2H])c(-c4c([2H])c([2H])c(-c5c([2H])c([2H])c([2H])c([2H])c5[2H])c([2H])c4[2H])c4oc5c6c([2H])c([2H])c([2H])c([2H])c6c([2H])c([2H])c5c34)c([2H])c2[2H])c([2H])c([2H])c1[2H]. The van der Waals surface area contributed by atoms with Crippen molar-refractivity contribution in [2.24, 2.45) is 0 Å². The Labute approximate surface area is 449 Å². The zero-order chi connectivity index (χ0) is 80.9. The molecule has 12 aromatic rings. The zero-order valence-corrected chi connectivity index (χ0v) is 33.4. The Morgan fingerprint density at radius 2 is 0.910 bits per heavy atom. The largest absolute Gasteiger partial charge is 0.455 e. The van der Waals surface area contributed by atoms with Gasteiger partial charge in [0.25, 0.3) is 0 Å². The van der Waals surface area contributed by atoms with E-state index in [1.807, 2.05) is 0 Å². The van der Waals surface area contributed by atoms with Crippen LogP contribution in [0.5, 0.6) is 0 Å². The van der Waals surface area contributed by atoms with Crippen molar-refractivity contribution in [2.75, 3.05) is 4.90 Å². The molecule has 0 saturated carbocycles. The number of hydrogen-bond acceptors (Lipinski definition) is 2. The van der Waals surface area contributed by atoms with E-state index in [1.54, 1.807) is 0 Å². The molecular formula is C65H43NO. The van der Waals surface area contributed by atoms with Gasteiger partial charge in [0.05, 0.1) is 74.1 Å². The lowest BCUT2D eigenvalue weighted by molar-refractivity contribution is 0.674. The summed E-state index contributed by atoms with van der Waals surface area (Å²) < 4.78 is 400. The van der Waals surface area contributed by atoms with Crippen LogP contribution in [0.15, 0.2) is 264 Å². The third kappa shape index (κ3) is 6.18. The number of benzene rings is 11. The van der Waals surface area contributed by atoms with Gasteiger partial charge in [0, 0.05) is 27.7 Å². The fourth-order valence-corrected chi connectivity index (χ4v) is 8.04. The summed E-state index contributed by atoms with van der Waals surface area (Å²) in [7, 11) is 0. The van der Waals surface area contributed by atoms with Crippen LogP contribution in [0.2, 0.25) is 0 Å². The maximum absolute atomic E-state index is 11.0. The topological polar surface area (TPSA) is 16.4 Å². The van der Waals surface area contributed by atoms with Gasteiger partial charge in [-0.15, -0.1) is 0 Å². The fraction of sp³-hybridized carbons (Fsp3) is 0.0154. The van der Waals surface area contributed by atoms with Gasteiger partial charge in [0.2, 0.25) is 0 Å². The van der Waals surface area contributed by atoms with Crippen LogP contribution >= 0.6 is 0 Å². The molecular weight excluding hydrogens is 811 g/mol. The molecule has 0 saturated heterocycles. The van der Waals surface area contributed by atoms with Gasteiger partial charge in [-0.05, 0) is 109 Å². The molecule has 0 unspecified atom stereocenters. The van der Waals surface area contributed by atoms with Crippen molar-refractivity contribution in [3.63, 3.8) is 0 Å². The molecule has 67 heavy (non-hydrogen) atoms. The molecule has 0 fully saturated rings. The van der Waals surface area contributed by atoms with Gasteiger partial charge in [-0.3, -0.25) is 0 Å². The number of nitrogens with zero attached hydrogens (tertiary/aromatic N) is 1. The Morgan fingerprint density at radius 1 is 0.358 bits per heavy atom. The van der Waals surface area contributed by atoms with Crippen molar-refractivity contribution < 1.29 is 62.0 Å². The minimum atomic E-state index is -3.65. The number of rotatable bonds is 8. The summed E-state index contributed by atoms with van der Waals surface area (Å²) in [6.45, 7) is 0. The van der Waals surface area contributed by atoms with Crippen molar-refractivity contribution in [3.8, 4) is 44.5 Å². The predicted molar refractivity (Wildman–Crippen MR) is 280 cm³/mol. The molecule has 11 aromatic carbocycles. The molecule has 1 aliphatic carbocycles. The highest BCUT2D eigenvalue weighted by Crippen LogP contribution is 2.58. The van der Waals surface area contributed by atoms with E-state index >= 15 is 0 Å². The third-order valence-electron chi connectivity index (χ3n) is 10.9. The molecule has 0 radical (unpaired) electrons. The average molecular weight is 896 g/mol. The Kier molecular flexibility index (Phi) is 3.57. The highest BCUT2D eigenvalue weighted by atomic mass is 16.3. The first-order chi connectivity index (χ1) is 50.7. The van der Waals surface area contributed by atoms with Crippen molar-refractivity contribution >= 4 is 49.8 Å². The minimum absolute atomic E-state index is 0.214. The van der Waals surface area contributed by atoms with Gasteiger partial charge in [-0.25, -0.2) is 0 Å². The predicted octanol–water partition coefficient (Wildman–Crippen LogP) is 17.6. The van der Waals surface area contributed by atoms with Crippen molar-refractivity contribution in [2.45, 2.75) is 5.41 Å². The van der Waals surface area contributed by atoms with Crippen molar-refractivity contribution in [1.29, 1.82) is 0 Å². The number of furan rings is 1. The quantitative estimate of drug-likeness (QED) is 0.151. The average Bonchev–Trinajstić information content (AvgIpc) is 1.50. The minimum Gasteiger partial charge on any atom is -0.455 e. The molecule has 2 nitrogen and oxygen atoms in total. The van der Waals surface area contributed by atoms with E-state index in [4.69, 9.17) is 30.5 Å². The van der Waals surface area contributed by atoms with Gasteiger partial charge in [0.1, 0.15) is 11.2 Å². The Hall–Kier alpha value is -8.72. The molecule has 0 atom stereocenters. The second kappa shape index (κ2) is 15.8. The lowest BCUT2D eigenvalue weighted by atomic mass is 9.67. The van der Waals surface area contributed by atoms with Crippen molar-refractivity contribution in [3.05, 3.63) is 282 Å². The monoisotopic (exact) mass is 896 g/mol. The van der Waals surface area contributed by atoms with E-state index in [0.29, 0.717) is 0 Å².